The Balaban J connectivity index is 2.22. The molecule has 1 aliphatic carbocycles. The third-order valence-corrected chi connectivity index (χ3v) is 4.59. The molecule has 1 aliphatic rings. The van der Waals surface area contributed by atoms with Gasteiger partial charge in [0.1, 0.15) is 5.82 Å². The molecule has 1 aromatic heterocycles. The van der Waals surface area contributed by atoms with Crippen molar-refractivity contribution in [3.63, 3.8) is 0 Å². The molecule has 2 N–H and O–H groups in total. The van der Waals surface area contributed by atoms with Crippen LogP contribution in [0.15, 0.2) is 12.1 Å². The molecule has 1 amide bonds. The second-order valence-electron chi connectivity index (χ2n) is 6.61. The van der Waals surface area contributed by atoms with Crippen LogP contribution in [0.2, 0.25) is 0 Å². The van der Waals surface area contributed by atoms with Crippen molar-refractivity contribution in [3.8, 4) is 0 Å². The van der Waals surface area contributed by atoms with Gasteiger partial charge in [-0.3, -0.25) is 4.79 Å². The number of hydrogen-bond acceptors (Lipinski definition) is 3. The lowest BCUT2D eigenvalue weighted by atomic mass is 9.85. The van der Waals surface area contributed by atoms with Crippen LogP contribution in [-0.4, -0.2) is 28.9 Å². The van der Waals surface area contributed by atoms with Gasteiger partial charge < -0.3 is 10.6 Å². The van der Waals surface area contributed by atoms with Crippen molar-refractivity contribution in [1.82, 2.24) is 9.88 Å². The monoisotopic (exact) mass is 289 g/mol. The average molecular weight is 289 g/mol. The first kappa shape index (κ1) is 15.8. The minimum atomic E-state index is 0.0600. The van der Waals surface area contributed by atoms with E-state index in [1.54, 1.807) is 6.07 Å². The summed E-state index contributed by atoms with van der Waals surface area (Å²) in [6.07, 6.45) is 4.79. The molecule has 1 fully saturated rings. The fourth-order valence-electron chi connectivity index (χ4n) is 3.22. The van der Waals surface area contributed by atoms with Crippen LogP contribution in [0.3, 0.4) is 0 Å². The van der Waals surface area contributed by atoms with Crippen LogP contribution in [-0.2, 0) is 0 Å². The van der Waals surface area contributed by atoms with Gasteiger partial charge in [-0.05, 0) is 36.8 Å². The molecular weight excluding hydrogens is 262 g/mol. The molecular formula is C17H27N3O. The van der Waals surface area contributed by atoms with Gasteiger partial charge >= 0.3 is 0 Å². The van der Waals surface area contributed by atoms with Gasteiger partial charge in [-0.2, -0.15) is 0 Å². The van der Waals surface area contributed by atoms with Gasteiger partial charge in [0.15, 0.2) is 0 Å². The molecule has 4 heteroatoms. The van der Waals surface area contributed by atoms with Crippen LogP contribution in [0, 0.1) is 5.92 Å². The number of pyridine rings is 1. The Hall–Kier alpha value is -1.58. The number of carbonyl (C=O) groups excluding carboxylic acids is 1. The number of hydrogen-bond donors (Lipinski definition) is 1. The van der Waals surface area contributed by atoms with E-state index in [-0.39, 0.29) is 11.8 Å². The molecule has 2 rings (SSSR count). The third-order valence-electron chi connectivity index (χ3n) is 4.59. The fraction of sp³-hybridized carbons (Fsp3) is 0.647. The van der Waals surface area contributed by atoms with Gasteiger partial charge in [0.2, 0.25) is 0 Å². The summed E-state index contributed by atoms with van der Waals surface area (Å²) in [4.78, 5) is 19.0. The molecule has 1 saturated carbocycles. The highest BCUT2D eigenvalue weighted by atomic mass is 16.2. The highest BCUT2D eigenvalue weighted by Crippen LogP contribution is 2.28. The highest BCUT2D eigenvalue weighted by molar-refractivity contribution is 5.95. The van der Waals surface area contributed by atoms with Crippen molar-refractivity contribution in [3.05, 3.63) is 23.4 Å². The van der Waals surface area contributed by atoms with Gasteiger partial charge in [0, 0.05) is 24.3 Å². The summed E-state index contributed by atoms with van der Waals surface area (Å²) in [6.45, 7) is 6.36. The largest absolute Gasteiger partial charge is 0.384 e. The van der Waals surface area contributed by atoms with E-state index in [9.17, 15) is 4.79 Å². The number of anilines is 1. The Morgan fingerprint density at radius 2 is 2.00 bits per heavy atom. The van der Waals surface area contributed by atoms with Crippen molar-refractivity contribution in [2.75, 3.05) is 12.8 Å². The number of carbonyl (C=O) groups is 1. The molecule has 21 heavy (non-hydrogen) atoms. The zero-order valence-corrected chi connectivity index (χ0v) is 13.6. The van der Waals surface area contributed by atoms with Gasteiger partial charge in [-0.15, -0.1) is 0 Å². The molecule has 0 aliphatic heterocycles. The maximum Gasteiger partial charge on any atom is 0.254 e. The van der Waals surface area contributed by atoms with E-state index in [4.69, 9.17) is 5.73 Å². The van der Waals surface area contributed by atoms with Crippen LogP contribution in [0.1, 0.15) is 68.4 Å². The SMILES string of the molecule is CC(C)c1cc(C(=O)N(C)C2CCCCC2C)cc(N)n1. The molecule has 2 atom stereocenters. The van der Waals surface area contributed by atoms with E-state index in [2.05, 4.69) is 25.8 Å². The first-order valence-electron chi connectivity index (χ1n) is 7.94. The lowest BCUT2D eigenvalue weighted by Crippen LogP contribution is -2.42. The predicted molar refractivity (Wildman–Crippen MR) is 86.3 cm³/mol. The number of nitrogen functional groups attached to an aromatic ring is 1. The number of rotatable bonds is 3. The first-order chi connectivity index (χ1) is 9.90. The van der Waals surface area contributed by atoms with E-state index >= 15 is 0 Å². The molecule has 1 aromatic rings. The Bertz CT molecular complexity index is 513. The van der Waals surface area contributed by atoms with Crippen molar-refractivity contribution < 1.29 is 4.79 Å². The van der Waals surface area contributed by atoms with Gasteiger partial charge in [0.25, 0.3) is 5.91 Å². The van der Waals surface area contributed by atoms with Crippen LogP contribution in [0.4, 0.5) is 5.82 Å². The molecule has 0 bridgehead atoms. The minimum absolute atomic E-state index is 0.0600. The average Bonchev–Trinajstić information content (AvgIpc) is 2.45. The molecule has 1 heterocycles. The summed E-state index contributed by atoms with van der Waals surface area (Å²) in [5.74, 6) is 1.31. The van der Waals surface area contributed by atoms with E-state index in [1.807, 2.05) is 18.0 Å². The van der Waals surface area contributed by atoms with Crippen molar-refractivity contribution >= 4 is 11.7 Å². The maximum atomic E-state index is 12.8. The first-order valence-corrected chi connectivity index (χ1v) is 7.94. The number of aromatic nitrogens is 1. The summed E-state index contributed by atoms with van der Waals surface area (Å²) >= 11 is 0. The summed E-state index contributed by atoms with van der Waals surface area (Å²) in [6, 6.07) is 3.91. The second kappa shape index (κ2) is 6.46. The Labute approximate surface area is 127 Å². The van der Waals surface area contributed by atoms with Crippen LogP contribution in [0.25, 0.3) is 0 Å². The number of nitrogens with two attached hydrogens (primary N) is 1. The quantitative estimate of drug-likeness (QED) is 0.927. The van der Waals surface area contributed by atoms with Crippen molar-refractivity contribution in [1.29, 1.82) is 0 Å². The summed E-state index contributed by atoms with van der Waals surface area (Å²) in [7, 11) is 1.92. The molecule has 2 unspecified atom stereocenters. The highest BCUT2D eigenvalue weighted by Gasteiger charge is 2.28. The molecule has 0 spiro atoms. The molecule has 0 radical (unpaired) electrons. The standard InChI is InChI=1S/C17H27N3O/c1-11(2)14-9-13(10-16(18)19-14)17(21)20(4)15-8-6-5-7-12(15)3/h9-12,15H,5-8H2,1-4H3,(H2,18,19). The summed E-state index contributed by atoms with van der Waals surface area (Å²) < 4.78 is 0. The molecule has 0 aromatic carbocycles. The zero-order valence-electron chi connectivity index (χ0n) is 13.6. The van der Waals surface area contributed by atoms with E-state index in [0.29, 0.717) is 23.3 Å². The van der Waals surface area contributed by atoms with Crippen LogP contribution >= 0.6 is 0 Å². The van der Waals surface area contributed by atoms with Gasteiger partial charge in [-0.25, -0.2) is 4.98 Å². The van der Waals surface area contributed by atoms with E-state index < -0.39 is 0 Å². The molecule has 4 nitrogen and oxygen atoms in total. The van der Waals surface area contributed by atoms with Gasteiger partial charge in [-0.1, -0.05) is 33.6 Å². The van der Waals surface area contributed by atoms with Crippen LogP contribution in [0.5, 0.6) is 0 Å². The zero-order chi connectivity index (χ0) is 15.6. The maximum absolute atomic E-state index is 12.8. The molecule has 0 saturated heterocycles. The number of nitrogens with zero attached hydrogens (tertiary/aromatic N) is 2. The fourth-order valence-corrected chi connectivity index (χ4v) is 3.22. The predicted octanol–water partition coefficient (Wildman–Crippen LogP) is 3.44. The summed E-state index contributed by atoms with van der Waals surface area (Å²) in [5, 5.41) is 0. The van der Waals surface area contributed by atoms with E-state index in [1.165, 1.54) is 19.3 Å². The third kappa shape index (κ3) is 3.55. The smallest absolute Gasteiger partial charge is 0.254 e. The topological polar surface area (TPSA) is 59.2 Å². The van der Waals surface area contributed by atoms with Gasteiger partial charge in [0.05, 0.1) is 0 Å². The molecule has 116 valence electrons. The lowest BCUT2D eigenvalue weighted by molar-refractivity contribution is 0.0629. The second-order valence-corrected chi connectivity index (χ2v) is 6.61. The lowest BCUT2D eigenvalue weighted by Gasteiger charge is -2.36. The Kier molecular flexibility index (Phi) is 4.86. The Morgan fingerprint density at radius 3 is 2.62 bits per heavy atom. The van der Waals surface area contributed by atoms with Crippen LogP contribution < -0.4 is 5.73 Å². The van der Waals surface area contributed by atoms with E-state index in [0.717, 1.165) is 12.1 Å². The normalized spacial score (nSPS) is 22.3. The van der Waals surface area contributed by atoms with Crippen molar-refractivity contribution in [2.45, 2.75) is 58.4 Å². The van der Waals surface area contributed by atoms with Crippen molar-refractivity contribution in [2.24, 2.45) is 5.92 Å². The number of amides is 1. The Morgan fingerprint density at radius 1 is 1.33 bits per heavy atom. The minimum Gasteiger partial charge on any atom is -0.384 e. The summed E-state index contributed by atoms with van der Waals surface area (Å²) in [5.41, 5.74) is 7.40.